The van der Waals surface area contributed by atoms with E-state index in [1.54, 1.807) is 30.3 Å². The lowest BCUT2D eigenvalue weighted by molar-refractivity contribution is -0.114. The Hall–Kier alpha value is -3.12. The molecule has 0 aliphatic heterocycles. The number of carbonyl (C=O) groups excluding carboxylic acids is 1. The normalized spacial score (nSPS) is 11.5. The fraction of sp³-hybridized carbons (Fsp3) is 0.296. The second-order valence-corrected chi connectivity index (χ2v) is 10.7. The van der Waals surface area contributed by atoms with Gasteiger partial charge in [0.25, 0.3) is 10.0 Å². The molecule has 5 nitrogen and oxygen atoms in total. The maximum atomic E-state index is 13.6. The molecule has 3 rings (SSSR count). The van der Waals surface area contributed by atoms with Crippen molar-refractivity contribution in [2.45, 2.75) is 52.4 Å². The summed E-state index contributed by atoms with van der Waals surface area (Å²) < 4.78 is 28.4. The second kappa shape index (κ2) is 9.79. The molecule has 3 aromatic carbocycles. The Morgan fingerprint density at radius 3 is 2.15 bits per heavy atom. The summed E-state index contributed by atoms with van der Waals surface area (Å²) in [7, 11) is -3.95. The summed E-state index contributed by atoms with van der Waals surface area (Å²) in [5.41, 5.74) is 6.13. The first-order chi connectivity index (χ1) is 15.5. The molecule has 0 aromatic heterocycles. The third kappa shape index (κ3) is 5.45. The van der Waals surface area contributed by atoms with Crippen LogP contribution in [0.5, 0.6) is 0 Å². The Kier molecular flexibility index (Phi) is 7.28. The van der Waals surface area contributed by atoms with Crippen LogP contribution in [0.3, 0.4) is 0 Å². The lowest BCUT2D eigenvalue weighted by Gasteiger charge is -2.25. The first kappa shape index (κ1) is 24.5. The Morgan fingerprint density at radius 1 is 0.879 bits per heavy atom. The summed E-state index contributed by atoms with van der Waals surface area (Å²) in [6.45, 7) is 11.5. The molecule has 6 heteroatoms. The van der Waals surface area contributed by atoms with E-state index in [1.807, 2.05) is 58.0 Å². The number of nitrogens with zero attached hydrogens (tertiary/aromatic N) is 1. The van der Waals surface area contributed by atoms with E-state index >= 15 is 0 Å². The van der Waals surface area contributed by atoms with Gasteiger partial charge >= 0.3 is 0 Å². The minimum absolute atomic E-state index is 0.151. The van der Waals surface area contributed by atoms with Crippen molar-refractivity contribution in [2.24, 2.45) is 0 Å². The second-order valence-electron chi connectivity index (χ2n) is 8.84. The van der Waals surface area contributed by atoms with E-state index < -0.39 is 10.0 Å². The van der Waals surface area contributed by atoms with Gasteiger partial charge in [-0.3, -0.25) is 9.10 Å². The number of hydrogen-bond donors (Lipinski definition) is 1. The number of benzene rings is 3. The fourth-order valence-corrected chi connectivity index (χ4v) is 5.10. The van der Waals surface area contributed by atoms with Gasteiger partial charge in [-0.2, -0.15) is 0 Å². The number of rotatable bonds is 7. The van der Waals surface area contributed by atoms with Crippen LogP contribution in [-0.2, 0) is 14.8 Å². The van der Waals surface area contributed by atoms with Crippen LogP contribution in [0, 0.1) is 27.7 Å². The molecule has 0 heterocycles. The largest absolute Gasteiger partial charge is 0.324 e. The van der Waals surface area contributed by atoms with E-state index in [2.05, 4.69) is 19.2 Å². The van der Waals surface area contributed by atoms with Crippen LogP contribution in [-0.4, -0.2) is 20.9 Å². The van der Waals surface area contributed by atoms with Gasteiger partial charge in [0.05, 0.1) is 10.6 Å². The molecule has 0 saturated carbocycles. The molecule has 0 fully saturated rings. The number of anilines is 2. The smallest absolute Gasteiger partial charge is 0.264 e. The predicted molar refractivity (Wildman–Crippen MR) is 136 cm³/mol. The molecular formula is C27H32N2O3S. The average molecular weight is 465 g/mol. The maximum Gasteiger partial charge on any atom is 0.264 e. The molecular weight excluding hydrogens is 432 g/mol. The fourth-order valence-electron chi connectivity index (χ4n) is 3.68. The van der Waals surface area contributed by atoms with Gasteiger partial charge < -0.3 is 5.32 Å². The summed E-state index contributed by atoms with van der Waals surface area (Å²) >= 11 is 0. The van der Waals surface area contributed by atoms with E-state index in [4.69, 9.17) is 0 Å². The quantitative estimate of drug-likeness (QED) is 0.475. The van der Waals surface area contributed by atoms with E-state index in [-0.39, 0.29) is 23.3 Å². The zero-order chi connectivity index (χ0) is 24.3. The summed E-state index contributed by atoms with van der Waals surface area (Å²) in [5.74, 6) is -0.174. The standard InChI is InChI=1S/C27H32N2O3S/c1-18(2)25-9-7-8-21(5)27(25)28-26(30)17-29(23-13-12-20(4)22(6)16-23)33(31,32)24-14-10-19(3)11-15-24/h7-16,18H,17H2,1-6H3,(H,28,30). The number of para-hydroxylation sites is 1. The molecule has 0 aliphatic rings. The van der Waals surface area contributed by atoms with Crippen molar-refractivity contribution in [1.82, 2.24) is 0 Å². The zero-order valence-corrected chi connectivity index (χ0v) is 21.0. The van der Waals surface area contributed by atoms with Gasteiger partial charge in [0, 0.05) is 5.69 Å². The lowest BCUT2D eigenvalue weighted by Crippen LogP contribution is -2.38. The van der Waals surface area contributed by atoms with Gasteiger partial charge in [-0.05, 0) is 80.1 Å². The highest BCUT2D eigenvalue weighted by Crippen LogP contribution is 2.29. The maximum absolute atomic E-state index is 13.6. The summed E-state index contributed by atoms with van der Waals surface area (Å²) in [4.78, 5) is 13.3. The van der Waals surface area contributed by atoms with E-state index in [0.29, 0.717) is 5.69 Å². The molecule has 3 aromatic rings. The molecule has 1 N–H and O–H groups in total. The molecule has 0 spiro atoms. The third-order valence-corrected chi connectivity index (χ3v) is 7.65. The van der Waals surface area contributed by atoms with Crippen molar-refractivity contribution in [2.75, 3.05) is 16.2 Å². The number of amides is 1. The molecule has 0 bridgehead atoms. The topological polar surface area (TPSA) is 66.5 Å². The van der Waals surface area contributed by atoms with Crippen LogP contribution >= 0.6 is 0 Å². The average Bonchev–Trinajstić information content (AvgIpc) is 2.75. The van der Waals surface area contributed by atoms with Crippen LogP contribution in [0.15, 0.2) is 65.6 Å². The van der Waals surface area contributed by atoms with Gasteiger partial charge in [-0.25, -0.2) is 8.42 Å². The van der Waals surface area contributed by atoms with Gasteiger partial charge in [-0.15, -0.1) is 0 Å². The number of hydrogen-bond acceptors (Lipinski definition) is 3. The minimum Gasteiger partial charge on any atom is -0.324 e. The zero-order valence-electron chi connectivity index (χ0n) is 20.1. The van der Waals surface area contributed by atoms with Crippen LogP contribution < -0.4 is 9.62 Å². The summed E-state index contributed by atoms with van der Waals surface area (Å²) in [6.07, 6.45) is 0. The third-order valence-electron chi connectivity index (χ3n) is 5.87. The van der Waals surface area contributed by atoms with Gasteiger partial charge in [0.15, 0.2) is 0 Å². The Labute approximate surface area is 197 Å². The van der Waals surface area contributed by atoms with Crippen LogP contribution in [0.2, 0.25) is 0 Å². The van der Waals surface area contributed by atoms with Crippen molar-refractivity contribution >= 4 is 27.3 Å². The molecule has 0 radical (unpaired) electrons. The predicted octanol–water partition coefficient (Wildman–Crippen LogP) is 5.88. The highest BCUT2D eigenvalue weighted by molar-refractivity contribution is 7.92. The van der Waals surface area contributed by atoms with Gasteiger partial charge in [0.2, 0.25) is 5.91 Å². The first-order valence-corrected chi connectivity index (χ1v) is 12.5. The van der Waals surface area contributed by atoms with E-state index in [9.17, 15) is 13.2 Å². The highest BCUT2D eigenvalue weighted by Gasteiger charge is 2.28. The Bertz CT molecular complexity index is 1260. The van der Waals surface area contributed by atoms with Crippen LogP contribution in [0.1, 0.15) is 47.6 Å². The lowest BCUT2D eigenvalue weighted by atomic mass is 9.98. The number of aryl methyl sites for hydroxylation is 4. The SMILES string of the molecule is Cc1ccc(S(=O)(=O)N(CC(=O)Nc2c(C)cccc2C(C)C)c2ccc(C)c(C)c2)cc1. The molecule has 0 aliphatic carbocycles. The van der Waals surface area contributed by atoms with Crippen molar-refractivity contribution < 1.29 is 13.2 Å². The number of nitrogens with one attached hydrogen (secondary N) is 1. The van der Waals surface area contributed by atoms with Crippen LogP contribution in [0.25, 0.3) is 0 Å². The number of sulfonamides is 1. The van der Waals surface area contributed by atoms with Crippen LogP contribution in [0.4, 0.5) is 11.4 Å². The molecule has 0 atom stereocenters. The van der Waals surface area contributed by atoms with Crippen molar-refractivity contribution in [3.05, 3.63) is 88.5 Å². The summed E-state index contributed by atoms with van der Waals surface area (Å²) in [5, 5.41) is 2.97. The Balaban J connectivity index is 2.01. The van der Waals surface area contributed by atoms with E-state index in [1.165, 1.54) is 4.31 Å². The monoisotopic (exact) mass is 464 g/mol. The van der Waals surface area contributed by atoms with E-state index in [0.717, 1.165) is 33.5 Å². The molecule has 0 unspecified atom stereocenters. The van der Waals surface area contributed by atoms with Gasteiger partial charge in [-0.1, -0.05) is 55.8 Å². The highest BCUT2D eigenvalue weighted by atomic mass is 32.2. The minimum atomic E-state index is -3.95. The molecule has 1 amide bonds. The molecule has 174 valence electrons. The summed E-state index contributed by atoms with van der Waals surface area (Å²) in [6, 6.07) is 18.0. The first-order valence-electron chi connectivity index (χ1n) is 11.1. The van der Waals surface area contributed by atoms with Gasteiger partial charge in [0.1, 0.15) is 6.54 Å². The Morgan fingerprint density at radius 2 is 1.55 bits per heavy atom. The van der Waals surface area contributed by atoms with Crippen molar-refractivity contribution in [1.29, 1.82) is 0 Å². The van der Waals surface area contributed by atoms with Crippen molar-refractivity contribution in [3.63, 3.8) is 0 Å². The van der Waals surface area contributed by atoms with Crippen molar-refractivity contribution in [3.8, 4) is 0 Å². The molecule has 0 saturated heterocycles. The molecule has 33 heavy (non-hydrogen) atoms. The number of carbonyl (C=O) groups is 1.